The number of allylic oxidation sites excluding steroid dienone is 5. The molecule has 0 atom stereocenters. The molecular formula is C14H17N. The number of hydrogen-bond donors (Lipinski definition) is 1. The number of nitrogens with two attached hydrogens (primary N) is 1. The zero-order chi connectivity index (χ0) is 10.7. The quantitative estimate of drug-likeness (QED) is 0.545. The lowest BCUT2D eigenvalue weighted by Crippen LogP contribution is -1.97. The lowest BCUT2D eigenvalue weighted by Gasteiger charge is -2.06. The third-order valence-corrected chi connectivity index (χ3v) is 3.12. The minimum absolute atomic E-state index is 0.882. The normalized spacial score (nSPS) is 19.5. The molecule has 0 aromatic rings. The van der Waals surface area contributed by atoms with Crippen molar-refractivity contribution in [3.8, 4) is 0 Å². The Balaban J connectivity index is 2.11. The molecule has 0 amide bonds. The molecule has 1 heteroatoms. The van der Waals surface area contributed by atoms with Gasteiger partial charge in [-0.15, -0.1) is 12.3 Å². The predicted octanol–water partition coefficient (Wildman–Crippen LogP) is 3.37. The van der Waals surface area contributed by atoms with Gasteiger partial charge < -0.3 is 5.73 Å². The summed E-state index contributed by atoms with van der Waals surface area (Å²) in [5, 5.41) is 0. The van der Waals surface area contributed by atoms with Crippen LogP contribution in [-0.2, 0) is 0 Å². The highest BCUT2D eigenvalue weighted by Gasteiger charge is 2.15. The Labute approximate surface area is 91.4 Å². The Morgan fingerprint density at radius 3 is 2.80 bits per heavy atom. The molecule has 0 saturated heterocycles. The van der Waals surface area contributed by atoms with Crippen molar-refractivity contribution < 1.29 is 0 Å². The molecule has 1 nitrogen and oxygen atoms in total. The molecule has 2 aliphatic carbocycles. The molecule has 15 heavy (non-hydrogen) atoms. The third-order valence-electron chi connectivity index (χ3n) is 3.12. The summed E-state index contributed by atoms with van der Waals surface area (Å²) in [5.74, 6) is 0. The van der Waals surface area contributed by atoms with Crippen LogP contribution >= 0.6 is 0 Å². The second-order valence-electron chi connectivity index (χ2n) is 4.17. The summed E-state index contributed by atoms with van der Waals surface area (Å²) >= 11 is 0. The van der Waals surface area contributed by atoms with Crippen molar-refractivity contribution in [1.29, 1.82) is 0 Å². The minimum Gasteiger partial charge on any atom is -0.398 e. The Kier molecular flexibility index (Phi) is 2.94. The average Bonchev–Trinajstić information content (AvgIpc) is 2.80. The van der Waals surface area contributed by atoms with Gasteiger partial charge in [0.15, 0.2) is 0 Å². The first-order valence-corrected chi connectivity index (χ1v) is 5.53. The molecule has 78 valence electrons. The van der Waals surface area contributed by atoms with Crippen LogP contribution in [0.4, 0.5) is 0 Å². The van der Waals surface area contributed by atoms with Crippen LogP contribution in [0.2, 0.25) is 0 Å². The van der Waals surface area contributed by atoms with Crippen LogP contribution in [0.25, 0.3) is 0 Å². The van der Waals surface area contributed by atoms with Crippen LogP contribution in [0.1, 0.15) is 32.1 Å². The number of hydrogen-bond acceptors (Lipinski definition) is 1. The van der Waals surface area contributed by atoms with Crippen LogP contribution in [-0.4, -0.2) is 0 Å². The van der Waals surface area contributed by atoms with Crippen molar-refractivity contribution in [2.75, 3.05) is 0 Å². The maximum Gasteiger partial charge on any atom is 0.0434 e. The van der Waals surface area contributed by atoms with Gasteiger partial charge in [-0.1, -0.05) is 17.2 Å². The van der Waals surface area contributed by atoms with Crippen molar-refractivity contribution in [3.05, 3.63) is 53.0 Å². The van der Waals surface area contributed by atoms with Gasteiger partial charge >= 0.3 is 0 Å². The lowest BCUT2D eigenvalue weighted by molar-refractivity contribution is 0.874. The van der Waals surface area contributed by atoms with Crippen LogP contribution in [0.5, 0.6) is 0 Å². The van der Waals surface area contributed by atoms with Crippen molar-refractivity contribution >= 4 is 0 Å². The smallest absolute Gasteiger partial charge is 0.0434 e. The Hall–Kier alpha value is -1.46. The maximum atomic E-state index is 5.86. The second kappa shape index (κ2) is 4.37. The number of rotatable bonds is 4. The minimum atomic E-state index is 0.882. The van der Waals surface area contributed by atoms with E-state index >= 15 is 0 Å². The molecular weight excluding hydrogens is 182 g/mol. The first kappa shape index (κ1) is 10.1. The molecule has 0 bridgehead atoms. The van der Waals surface area contributed by atoms with Gasteiger partial charge in [0.2, 0.25) is 0 Å². The van der Waals surface area contributed by atoms with Gasteiger partial charge in [0.1, 0.15) is 0 Å². The summed E-state index contributed by atoms with van der Waals surface area (Å²) in [6.07, 6.45) is 11.7. The summed E-state index contributed by atoms with van der Waals surface area (Å²) in [6, 6.07) is 0. The zero-order valence-electron chi connectivity index (χ0n) is 9.05. The van der Waals surface area contributed by atoms with Crippen LogP contribution in [0, 0.1) is 0 Å². The van der Waals surface area contributed by atoms with E-state index in [4.69, 9.17) is 5.73 Å². The molecule has 0 aromatic heterocycles. The van der Waals surface area contributed by atoms with E-state index in [-0.39, 0.29) is 0 Å². The van der Waals surface area contributed by atoms with E-state index in [9.17, 15) is 0 Å². The fourth-order valence-corrected chi connectivity index (χ4v) is 2.29. The van der Waals surface area contributed by atoms with Gasteiger partial charge in [0.25, 0.3) is 0 Å². The highest BCUT2D eigenvalue weighted by Crippen LogP contribution is 2.33. The molecule has 0 radical (unpaired) electrons. The van der Waals surface area contributed by atoms with Gasteiger partial charge in [-0.05, 0) is 43.8 Å². The fraction of sp³-hybridized carbons (Fsp3) is 0.357. The molecule has 0 unspecified atom stereocenters. The van der Waals surface area contributed by atoms with Crippen molar-refractivity contribution in [2.24, 2.45) is 5.73 Å². The highest BCUT2D eigenvalue weighted by molar-refractivity contribution is 5.41. The molecule has 0 saturated carbocycles. The monoisotopic (exact) mass is 199 g/mol. The zero-order valence-corrected chi connectivity index (χ0v) is 9.05. The fourth-order valence-electron chi connectivity index (χ4n) is 2.29. The summed E-state index contributed by atoms with van der Waals surface area (Å²) in [4.78, 5) is 0. The van der Waals surface area contributed by atoms with E-state index in [0.717, 1.165) is 18.5 Å². The van der Waals surface area contributed by atoms with Crippen LogP contribution in [0.3, 0.4) is 0 Å². The highest BCUT2D eigenvalue weighted by atomic mass is 14.6. The Morgan fingerprint density at radius 1 is 1.33 bits per heavy atom. The van der Waals surface area contributed by atoms with Gasteiger partial charge in [0.05, 0.1) is 0 Å². The van der Waals surface area contributed by atoms with E-state index in [1.807, 2.05) is 18.2 Å². The third kappa shape index (κ3) is 2.14. The van der Waals surface area contributed by atoms with E-state index in [1.165, 1.54) is 24.8 Å². The Morgan fingerprint density at radius 2 is 2.13 bits per heavy atom. The standard InChI is InChI=1S/C14H17N/c1-2-5-11-6-3-7-12(11)10-13-8-4-9-14(13)15/h2,8-9H,1,3,5-7,10,15H2. The average molecular weight is 199 g/mol. The molecule has 2 rings (SSSR count). The van der Waals surface area contributed by atoms with Crippen molar-refractivity contribution in [2.45, 2.75) is 32.1 Å². The van der Waals surface area contributed by atoms with Crippen LogP contribution in [0.15, 0.2) is 53.0 Å². The lowest BCUT2D eigenvalue weighted by atomic mass is 10.00. The van der Waals surface area contributed by atoms with Gasteiger partial charge in [-0.3, -0.25) is 0 Å². The summed E-state index contributed by atoms with van der Waals surface area (Å²) in [7, 11) is 0. The van der Waals surface area contributed by atoms with E-state index in [0.29, 0.717) is 0 Å². The summed E-state index contributed by atoms with van der Waals surface area (Å²) in [5.41, 5.74) is 14.2. The molecule has 0 aromatic carbocycles. The topological polar surface area (TPSA) is 26.0 Å². The molecule has 0 fully saturated rings. The largest absolute Gasteiger partial charge is 0.398 e. The van der Waals surface area contributed by atoms with Gasteiger partial charge in [0, 0.05) is 11.8 Å². The second-order valence-corrected chi connectivity index (χ2v) is 4.17. The van der Waals surface area contributed by atoms with Gasteiger partial charge in [-0.25, -0.2) is 0 Å². The van der Waals surface area contributed by atoms with Crippen molar-refractivity contribution in [3.63, 3.8) is 0 Å². The molecule has 0 aliphatic heterocycles. The molecule has 2 aliphatic rings. The Bertz CT molecular complexity index is 401. The maximum absolute atomic E-state index is 5.86. The van der Waals surface area contributed by atoms with E-state index < -0.39 is 0 Å². The SMILES string of the molecule is C=CCC1=C(CC2=C(N)C=C=C2)CCC1. The molecule has 0 spiro atoms. The summed E-state index contributed by atoms with van der Waals surface area (Å²) < 4.78 is 0. The van der Waals surface area contributed by atoms with E-state index in [2.05, 4.69) is 12.3 Å². The van der Waals surface area contributed by atoms with Crippen LogP contribution < -0.4 is 5.73 Å². The van der Waals surface area contributed by atoms with Crippen molar-refractivity contribution in [1.82, 2.24) is 0 Å². The summed E-state index contributed by atoms with van der Waals surface area (Å²) in [6.45, 7) is 3.81. The first-order valence-electron chi connectivity index (χ1n) is 5.53. The first-order chi connectivity index (χ1) is 7.31. The molecule has 0 heterocycles. The van der Waals surface area contributed by atoms with Gasteiger partial charge in [-0.2, -0.15) is 0 Å². The molecule has 2 N–H and O–H groups in total. The predicted molar refractivity (Wildman–Crippen MR) is 64.2 cm³/mol. The van der Waals surface area contributed by atoms with E-state index in [1.54, 1.807) is 11.1 Å².